The van der Waals surface area contributed by atoms with Crippen LogP contribution >= 0.6 is 0 Å². The number of aromatic nitrogens is 1. The van der Waals surface area contributed by atoms with Gasteiger partial charge in [0.25, 0.3) is 0 Å². The summed E-state index contributed by atoms with van der Waals surface area (Å²) in [5.74, 6) is -1.45. The first-order chi connectivity index (χ1) is 15.6. The average Bonchev–Trinajstić information content (AvgIpc) is 3.19. The Morgan fingerprint density at radius 2 is 1.42 bits per heavy atom. The molecule has 0 fully saturated rings. The molecule has 0 bridgehead atoms. The number of para-hydroxylation sites is 1. The summed E-state index contributed by atoms with van der Waals surface area (Å²) in [7, 11) is 0. The van der Waals surface area contributed by atoms with E-state index in [0.29, 0.717) is 6.42 Å². The third-order valence-corrected chi connectivity index (χ3v) is 6.23. The van der Waals surface area contributed by atoms with Gasteiger partial charge in [0.15, 0.2) is 0 Å². The molecule has 2 N–H and O–H groups in total. The number of unbranched alkanes of at least 4 members (excludes halogenated alkanes) is 12. The molecule has 178 valence electrons. The Hall–Kier alpha value is -1.30. The topological polar surface area (TPSA) is 85.0 Å². The van der Waals surface area contributed by atoms with Gasteiger partial charge < -0.3 is 20.2 Å². The van der Waals surface area contributed by atoms with Crippen molar-refractivity contribution >= 4 is 22.8 Å². The van der Waals surface area contributed by atoms with Gasteiger partial charge >= 0.3 is 29.6 Å². The minimum Gasteiger partial charge on any atom is -0.548 e. The van der Waals surface area contributed by atoms with Gasteiger partial charge in [-0.15, -0.1) is 0 Å². The van der Waals surface area contributed by atoms with Crippen molar-refractivity contribution in [3.05, 3.63) is 36.0 Å². The molecular formula is C27H41N2NaO3. The molecule has 1 atom stereocenters. The van der Waals surface area contributed by atoms with Gasteiger partial charge in [-0.05, 0) is 18.1 Å². The number of aliphatic carboxylic acids is 1. The summed E-state index contributed by atoms with van der Waals surface area (Å²) >= 11 is 0. The molecule has 6 heteroatoms. The van der Waals surface area contributed by atoms with E-state index in [-0.39, 0.29) is 41.9 Å². The summed E-state index contributed by atoms with van der Waals surface area (Å²) < 4.78 is 0. The van der Waals surface area contributed by atoms with Crippen molar-refractivity contribution in [1.82, 2.24) is 10.3 Å². The van der Waals surface area contributed by atoms with Gasteiger partial charge in [0, 0.05) is 29.9 Å². The average molecular weight is 465 g/mol. The zero-order valence-electron chi connectivity index (χ0n) is 20.8. The Kier molecular flexibility index (Phi) is 16.3. The van der Waals surface area contributed by atoms with Crippen LogP contribution < -0.4 is 40.0 Å². The normalized spacial score (nSPS) is 11.8. The summed E-state index contributed by atoms with van der Waals surface area (Å²) in [4.78, 5) is 26.9. The third kappa shape index (κ3) is 12.1. The number of hydrogen-bond donors (Lipinski definition) is 2. The molecule has 0 aliphatic rings. The summed E-state index contributed by atoms with van der Waals surface area (Å²) in [5.41, 5.74) is 1.83. The molecule has 1 amide bonds. The quantitative estimate of drug-likeness (QED) is 0.262. The number of amides is 1. The summed E-state index contributed by atoms with van der Waals surface area (Å²) in [6.07, 6.45) is 18.7. The van der Waals surface area contributed by atoms with E-state index in [1.165, 1.54) is 64.2 Å². The van der Waals surface area contributed by atoms with Crippen LogP contribution in [0.15, 0.2) is 30.5 Å². The summed E-state index contributed by atoms with van der Waals surface area (Å²) in [5, 5.41) is 15.2. The first kappa shape index (κ1) is 29.7. The van der Waals surface area contributed by atoms with Crippen LogP contribution in [-0.4, -0.2) is 22.9 Å². The minimum atomic E-state index is -1.24. The van der Waals surface area contributed by atoms with Crippen molar-refractivity contribution in [2.24, 2.45) is 0 Å². The molecule has 33 heavy (non-hydrogen) atoms. The maximum absolute atomic E-state index is 12.2. The van der Waals surface area contributed by atoms with Crippen LogP contribution in [0.2, 0.25) is 0 Å². The fraction of sp³-hybridized carbons (Fsp3) is 0.630. The second-order valence-corrected chi connectivity index (χ2v) is 9.00. The number of H-pyrrole nitrogens is 1. The number of hydrogen-bond acceptors (Lipinski definition) is 3. The molecule has 2 aromatic rings. The van der Waals surface area contributed by atoms with E-state index < -0.39 is 12.0 Å². The maximum atomic E-state index is 12.2. The monoisotopic (exact) mass is 464 g/mol. The van der Waals surface area contributed by atoms with E-state index in [4.69, 9.17) is 0 Å². The van der Waals surface area contributed by atoms with Crippen LogP contribution in [0.25, 0.3) is 10.9 Å². The smallest absolute Gasteiger partial charge is 0.548 e. The third-order valence-electron chi connectivity index (χ3n) is 6.23. The SMILES string of the molecule is CCCCCCCCCCCCCCCC(=O)N[C@@H](Cc1c[nH]c2ccccc12)C(=O)[O-].[Na+]. The van der Waals surface area contributed by atoms with Gasteiger partial charge in [-0.2, -0.15) is 0 Å². The Bertz CT molecular complexity index is 806. The number of fused-ring (bicyclic) bond motifs is 1. The Morgan fingerprint density at radius 1 is 0.879 bits per heavy atom. The van der Waals surface area contributed by atoms with Crippen molar-refractivity contribution in [3.63, 3.8) is 0 Å². The van der Waals surface area contributed by atoms with Gasteiger partial charge in [-0.3, -0.25) is 4.79 Å². The Morgan fingerprint density at radius 3 is 2.00 bits per heavy atom. The number of benzene rings is 1. The molecule has 0 aliphatic heterocycles. The second-order valence-electron chi connectivity index (χ2n) is 9.00. The zero-order chi connectivity index (χ0) is 23.0. The van der Waals surface area contributed by atoms with E-state index in [1.54, 1.807) is 6.20 Å². The van der Waals surface area contributed by atoms with Crippen LogP contribution in [0.3, 0.4) is 0 Å². The van der Waals surface area contributed by atoms with Gasteiger partial charge in [0.05, 0.1) is 12.0 Å². The predicted molar refractivity (Wildman–Crippen MR) is 129 cm³/mol. The molecule has 5 nitrogen and oxygen atoms in total. The van der Waals surface area contributed by atoms with Crippen molar-refractivity contribution in [3.8, 4) is 0 Å². The minimum absolute atomic E-state index is 0. The number of carboxylic acid groups (broad SMARTS) is 1. The van der Waals surface area contributed by atoms with Crippen LogP contribution in [0.1, 0.15) is 102 Å². The molecule has 0 spiro atoms. The molecule has 1 aromatic heterocycles. The number of carbonyl (C=O) groups is 2. The zero-order valence-corrected chi connectivity index (χ0v) is 22.8. The Balaban J connectivity index is 0.00000544. The van der Waals surface area contributed by atoms with E-state index in [9.17, 15) is 14.7 Å². The van der Waals surface area contributed by atoms with Crippen LogP contribution in [0, 0.1) is 0 Å². The Labute approximate surface area is 221 Å². The largest absolute Gasteiger partial charge is 1.00 e. The molecular weight excluding hydrogens is 423 g/mol. The van der Waals surface area contributed by atoms with Crippen molar-refractivity contribution in [1.29, 1.82) is 0 Å². The first-order valence-corrected chi connectivity index (χ1v) is 12.7. The first-order valence-electron chi connectivity index (χ1n) is 12.7. The number of aromatic amines is 1. The van der Waals surface area contributed by atoms with Crippen molar-refractivity contribution < 1.29 is 44.3 Å². The molecule has 0 radical (unpaired) electrons. The van der Waals surface area contributed by atoms with Gasteiger partial charge in [0.2, 0.25) is 5.91 Å². The molecule has 0 aliphatic carbocycles. The molecule has 1 heterocycles. The van der Waals surface area contributed by atoms with Gasteiger partial charge in [-0.25, -0.2) is 0 Å². The van der Waals surface area contributed by atoms with Crippen molar-refractivity contribution in [2.75, 3.05) is 0 Å². The van der Waals surface area contributed by atoms with E-state index >= 15 is 0 Å². The fourth-order valence-electron chi connectivity index (χ4n) is 4.28. The molecule has 0 saturated carbocycles. The van der Waals surface area contributed by atoms with E-state index in [2.05, 4.69) is 17.2 Å². The molecule has 1 aromatic carbocycles. The van der Waals surface area contributed by atoms with Gasteiger partial charge in [0.1, 0.15) is 0 Å². The molecule has 0 unspecified atom stereocenters. The van der Waals surface area contributed by atoms with Crippen LogP contribution in [0.5, 0.6) is 0 Å². The number of rotatable bonds is 18. The molecule has 2 rings (SSSR count). The summed E-state index contributed by atoms with van der Waals surface area (Å²) in [6, 6.07) is 6.73. The number of nitrogens with one attached hydrogen (secondary N) is 2. The number of carboxylic acids is 1. The predicted octanol–water partition coefficient (Wildman–Crippen LogP) is 2.43. The second kappa shape index (κ2) is 18.1. The van der Waals surface area contributed by atoms with E-state index in [1.807, 2.05) is 24.3 Å². The fourth-order valence-corrected chi connectivity index (χ4v) is 4.28. The maximum Gasteiger partial charge on any atom is 1.00 e. The molecule has 0 saturated heterocycles. The summed E-state index contributed by atoms with van der Waals surface area (Å²) in [6.45, 7) is 2.25. The van der Waals surface area contributed by atoms with Crippen LogP contribution in [0.4, 0.5) is 0 Å². The van der Waals surface area contributed by atoms with E-state index in [0.717, 1.165) is 35.7 Å². The van der Waals surface area contributed by atoms with Gasteiger partial charge in [-0.1, -0.05) is 102 Å². The van der Waals surface area contributed by atoms with Crippen molar-refractivity contribution in [2.45, 2.75) is 109 Å². The standard InChI is InChI=1S/C27H42N2O3.Na/c1-2-3-4-5-6-7-8-9-10-11-12-13-14-19-26(30)29-25(27(31)32)20-22-21-28-24-18-16-15-17-23(22)24;/h15-18,21,25,28H,2-14,19-20H2,1H3,(H,29,30)(H,31,32);/q;+1/p-1/t25-;/m0./s1. The van der Waals surface area contributed by atoms with Crippen LogP contribution in [-0.2, 0) is 16.0 Å². The number of carbonyl (C=O) groups excluding carboxylic acids is 2.